The van der Waals surface area contributed by atoms with Crippen LogP contribution in [0.4, 0.5) is 4.39 Å². The van der Waals surface area contributed by atoms with Crippen LogP contribution in [0.3, 0.4) is 0 Å². The highest BCUT2D eigenvalue weighted by molar-refractivity contribution is 5.35. The van der Waals surface area contributed by atoms with E-state index < -0.39 is 11.9 Å². The summed E-state index contributed by atoms with van der Waals surface area (Å²) < 4.78 is 19.2. The lowest BCUT2D eigenvalue weighted by Gasteiger charge is -2.14. The molecule has 1 unspecified atom stereocenters. The third kappa shape index (κ3) is 3.32. The molecule has 0 bridgehead atoms. The van der Waals surface area contributed by atoms with Crippen molar-refractivity contribution < 1.29 is 14.2 Å². The van der Waals surface area contributed by atoms with Crippen molar-refractivity contribution in [2.24, 2.45) is 0 Å². The molecule has 2 nitrogen and oxygen atoms in total. The molecule has 3 heteroatoms. The minimum Gasteiger partial charge on any atom is -0.488 e. The van der Waals surface area contributed by atoms with Gasteiger partial charge in [0.25, 0.3) is 0 Å². The highest BCUT2D eigenvalue weighted by Crippen LogP contribution is 2.26. The van der Waals surface area contributed by atoms with Crippen LogP contribution >= 0.6 is 0 Å². The first-order valence-corrected chi connectivity index (χ1v) is 6.27. The van der Waals surface area contributed by atoms with Gasteiger partial charge in [-0.2, -0.15) is 0 Å². The third-order valence-electron chi connectivity index (χ3n) is 2.75. The van der Waals surface area contributed by atoms with Gasteiger partial charge in [-0.05, 0) is 37.1 Å². The Bertz CT molecular complexity index is 538. The minimum absolute atomic E-state index is 0.0839. The molecule has 0 fully saturated rings. The van der Waals surface area contributed by atoms with Gasteiger partial charge in [0.2, 0.25) is 0 Å². The number of benzene rings is 2. The van der Waals surface area contributed by atoms with E-state index in [-0.39, 0.29) is 11.9 Å². The van der Waals surface area contributed by atoms with Gasteiger partial charge in [-0.3, -0.25) is 0 Å². The van der Waals surface area contributed by atoms with E-state index in [9.17, 15) is 9.50 Å². The number of aliphatic hydroxyl groups excluding tert-OH is 1. The number of halogens is 1. The molecule has 0 radical (unpaired) electrons. The smallest absolute Gasteiger partial charge is 0.165 e. The van der Waals surface area contributed by atoms with Crippen LogP contribution in [0.5, 0.6) is 5.75 Å². The van der Waals surface area contributed by atoms with Crippen molar-refractivity contribution in [1.29, 1.82) is 0 Å². The number of hydrogen-bond donors (Lipinski definition) is 1. The standard InChI is InChI=1S/C16H17FO2/c1-11(2)19-15-9-8-13(10-14(15)17)16(18)12-6-4-3-5-7-12/h3-11,16,18H,1-2H3. The van der Waals surface area contributed by atoms with Gasteiger partial charge in [-0.25, -0.2) is 4.39 Å². The Hall–Kier alpha value is -1.87. The molecule has 1 N–H and O–H groups in total. The maximum absolute atomic E-state index is 13.9. The maximum Gasteiger partial charge on any atom is 0.165 e. The highest BCUT2D eigenvalue weighted by Gasteiger charge is 2.13. The first-order valence-electron chi connectivity index (χ1n) is 6.27. The Balaban J connectivity index is 2.25. The van der Waals surface area contributed by atoms with Gasteiger partial charge in [0.15, 0.2) is 11.6 Å². The van der Waals surface area contributed by atoms with E-state index in [2.05, 4.69) is 0 Å². The van der Waals surface area contributed by atoms with Gasteiger partial charge in [0.05, 0.1) is 6.10 Å². The predicted molar refractivity (Wildman–Crippen MR) is 72.7 cm³/mol. The molecular formula is C16H17FO2. The fourth-order valence-electron chi connectivity index (χ4n) is 1.86. The van der Waals surface area contributed by atoms with Crippen LogP contribution < -0.4 is 4.74 Å². The van der Waals surface area contributed by atoms with Gasteiger partial charge in [0.1, 0.15) is 6.10 Å². The number of ether oxygens (including phenoxy) is 1. The molecule has 2 rings (SSSR count). The summed E-state index contributed by atoms with van der Waals surface area (Å²) in [6.07, 6.45) is -0.914. The second-order valence-corrected chi connectivity index (χ2v) is 4.67. The van der Waals surface area contributed by atoms with Crippen molar-refractivity contribution in [2.75, 3.05) is 0 Å². The van der Waals surface area contributed by atoms with E-state index in [1.807, 2.05) is 32.0 Å². The van der Waals surface area contributed by atoms with Gasteiger partial charge in [0, 0.05) is 0 Å². The van der Waals surface area contributed by atoms with Crippen molar-refractivity contribution in [3.8, 4) is 5.75 Å². The topological polar surface area (TPSA) is 29.5 Å². The third-order valence-corrected chi connectivity index (χ3v) is 2.75. The summed E-state index contributed by atoms with van der Waals surface area (Å²) in [5, 5.41) is 10.2. The van der Waals surface area contributed by atoms with Crippen LogP contribution in [-0.4, -0.2) is 11.2 Å². The molecule has 100 valence electrons. The Morgan fingerprint density at radius 1 is 1.00 bits per heavy atom. The van der Waals surface area contributed by atoms with Crippen molar-refractivity contribution in [1.82, 2.24) is 0 Å². The molecule has 0 saturated carbocycles. The molecular weight excluding hydrogens is 243 g/mol. The van der Waals surface area contributed by atoms with Crippen LogP contribution in [0.15, 0.2) is 48.5 Å². The summed E-state index contributed by atoms with van der Waals surface area (Å²) in [5.41, 5.74) is 1.25. The Morgan fingerprint density at radius 3 is 2.26 bits per heavy atom. The first-order chi connectivity index (χ1) is 9.08. The summed E-state index contributed by atoms with van der Waals surface area (Å²) in [6, 6.07) is 13.7. The summed E-state index contributed by atoms with van der Waals surface area (Å²) in [6.45, 7) is 3.68. The van der Waals surface area contributed by atoms with Gasteiger partial charge in [-0.15, -0.1) is 0 Å². The van der Waals surface area contributed by atoms with E-state index >= 15 is 0 Å². The maximum atomic E-state index is 13.9. The zero-order valence-corrected chi connectivity index (χ0v) is 11.0. The lowest BCUT2D eigenvalue weighted by molar-refractivity contribution is 0.216. The predicted octanol–water partition coefficient (Wildman–Crippen LogP) is 3.69. The SMILES string of the molecule is CC(C)Oc1ccc(C(O)c2ccccc2)cc1F. The molecule has 0 spiro atoms. The second kappa shape index (κ2) is 5.85. The Morgan fingerprint density at radius 2 is 1.68 bits per heavy atom. The fourth-order valence-corrected chi connectivity index (χ4v) is 1.86. The van der Waals surface area contributed by atoms with Crippen LogP contribution in [-0.2, 0) is 0 Å². The summed E-state index contributed by atoms with van der Waals surface area (Å²) in [4.78, 5) is 0. The lowest BCUT2D eigenvalue weighted by atomic mass is 10.0. The van der Waals surface area contributed by atoms with E-state index in [4.69, 9.17) is 4.74 Å². The number of hydrogen-bond acceptors (Lipinski definition) is 2. The quantitative estimate of drug-likeness (QED) is 0.908. The molecule has 19 heavy (non-hydrogen) atoms. The lowest BCUT2D eigenvalue weighted by Crippen LogP contribution is -2.08. The normalized spacial score (nSPS) is 12.5. The first kappa shape index (κ1) is 13.6. The average molecular weight is 260 g/mol. The molecule has 0 aliphatic heterocycles. The monoisotopic (exact) mass is 260 g/mol. The van der Waals surface area contributed by atoms with Gasteiger partial charge in [-0.1, -0.05) is 36.4 Å². The van der Waals surface area contributed by atoms with Crippen LogP contribution in [0.2, 0.25) is 0 Å². The molecule has 0 aliphatic carbocycles. The molecule has 0 heterocycles. The van der Waals surface area contributed by atoms with Gasteiger partial charge < -0.3 is 9.84 Å². The zero-order chi connectivity index (χ0) is 13.8. The van der Waals surface area contributed by atoms with Crippen molar-refractivity contribution in [3.63, 3.8) is 0 Å². The molecule has 0 aromatic heterocycles. The van der Waals surface area contributed by atoms with Gasteiger partial charge >= 0.3 is 0 Å². The number of aliphatic hydroxyl groups is 1. The van der Waals surface area contributed by atoms with Crippen molar-refractivity contribution in [3.05, 3.63) is 65.5 Å². The van der Waals surface area contributed by atoms with E-state index in [1.165, 1.54) is 6.07 Å². The van der Waals surface area contributed by atoms with E-state index in [1.54, 1.807) is 24.3 Å². The number of rotatable bonds is 4. The molecule has 2 aromatic carbocycles. The minimum atomic E-state index is -0.830. The second-order valence-electron chi connectivity index (χ2n) is 4.67. The average Bonchev–Trinajstić information content (AvgIpc) is 2.41. The van der Waals surface area contributed by atoms with E-state index in [0.717, 1.165) is 5.56 Å². The van der Waals surface area contributed by atoms with Crippen LogP contribution in [0, 0.1) is 5.82 Å². The van der Waals surface area contributed by atoms with Crippen LogP contribution in [0.25, 0.3) is 0 Å². The zero-order valence-electron chi connectivity index (χ0n) is 11.0. The van der Waals surface area contributed by atoms with Crippen molar-refractivity contribution >= 4 is 0 Å². The summed E-state index contributed by atoms with van der Waals surface area (Å²) in [7, 11) is 0. The summed E-state index contributed by atoms with van der Waals surface area (Å²) in [5.74, 6) is -0.250. The Kier molecular flexibility index (Phi) is 4.17. The van der Waals surface area contributed by atoms with E-state index in [0.29, 0.717) is 5.56 Å². The highest BCUT2D eigenvalue weighted by atomic mass is 19.1. The molecule has 0 amide bonds. The largest absolute Gasteiger partial charge is 0.488 e. The van der Waals surface area contributed by atoms with Crippen molar-refractivity contribution in [2.45, 2.75) is 26.1 Å². The fraction of sp³-hybridized carbons (Fsp3) is 0.250. The summed E-state index contributed by atoms with van der Waals surface area (Å²) >= 11 is 0. The molecule has 1 atom stereocenters. The molecule has 0 aliphatic rings. The molecule has 2 aromatic rings. The Labute approximate surface area is 112 Å². The van der Waals surface area contributed by atoms with Crippen LogP contribution in [0.1, 0.15) is 31.1 Å². The molecule has 0 saturated heterocycles.